The minimum Gasteiger partial charge on any atom is -0.377 e. The van der Waals surface area contributed by atoms with Crippen LogP contribution in [0.1, 0.15) is 45.0 Å². The first-order valence-corrected chi connectivity index (χ1v) is 8.56. The molecule has 1 aliphatic rings. The molecule has 20 heavy (non-hydrogen) atoms. The molecule has 1 fully saturated rings. The Balaban J connectivity index is 2.07. The molecular weight excluding hydrogens is 318 g/mol. The molecule has 0 bridgehead atoms. The van der Waals surface area contributed by atoms with Crippen molar-refractivity contribution in [2.45, 2.75) is 59.2 Å². The molecule has 2 rings (SSSR count). The van der Waals surface area contributed by atoms with Gasteiger partial charge in [-0.15, -0.1) is 0 Å². The van der Waals surface area contributed by atoms with Crippen LogP contribution < -0.4 is 0 Å². The Morgan fingerprint density at radius 3 is 2.80 bits per heavy atom. The van der Waals surface area contributed by atoms with Gasteiger partial charge >= 0.3 is 0 Å². The molecule has 0 amide bonds. The van der Waals surface area contributed by atoms with Gasteiger partial charge in [-0.05, 0) is 55.6 Å². The highest BCUT2D eigenvalue weighted by atomic mass is 79.9. The van der Waals surface area contributed by atoms with Crippen LogP contribution in [0, 0.1) is 0 Å². The van der Waals surface area contributed by atoms with Crippen molar-refractivity contribution in [2.24, 2.45) is 0 Å². The van der Waals surface area contributed by atoms with E-state index in [9.17, 15) is 0 Å². The summed E-state index contributed by atoms with van der Waals surface area (Å²) in [7, 11) is 0. The van der Waals surface area contributed by atoms with Gasteiger partial charge in [0.2, 0.25) is 0 Å². The lowest BCUT2D eigenvalue weighted by molar-refractivity contribution is 0.00292. The van der Waals surface area contributed by atoms with E-state index in [0.29, 0.717) is 6.10 Å². The third-order valence-electron chi connectivity index (χ3n) is 3.93. The molecule has 1 saturated heterocycles. The lowest BCUT2D eigenvalue weighted by Crippen LogP contribution is -2.39. The molecule has 0 aromatic carbocycles. The van der Waals surface area contributed by atoms with Gasteiger partial charge in [0.15, 0.2) is 0 Å². The maximum absolute atomic E-state index is 5.79. The molecule has 1 aliphatic heterocycles. The van der Waals surface area contributed by atoms with Gasteiger partial charge in [-0.1, -0.05) is 6.92 Å². The monoisotopic (exact) mass is 343 g/mol. The van der Waals surface area contributed by atoms with E-state index in [0.717, 1.165) is 39.2 Å². The molecule has 1 aromatic heterocycles. The van der Waals surface area contributed by atoms with Crippen molar-refractivity contribution < 1.29 is 4.74 Å². The molecule has 5 heteroatoms. The molecule has 0 saturated carbocycles. The zero-order valence-corrected chi connectivity index (χ0v) is 14.4. The summed E-state index contributed by atoms with van der Waals surface area (Å²) in [5.41, 5.74) is 2.47. The van der Waals surface area contributed by atoms with Crippen molar-refractivity contribution in [3.8, 4) is 0 Å². The van der Waals surface area contributed by atoms with E-state index in [2.05, 4.69) is 51.4 Å². The molecule has 114 valence electrons. The van der Waals surface area contributed by atoms with Crippen LogP contribution in [0.5, 0.6) is 0 Å². The Morgan fingerprint density at radius 2 is 2.15 bits per heavy atom. The Labute approximate surface area is 130 Å². The van der Waals surface area contributed by atoms with Gasteiger partial charge < -0.3 is 4.74 Å². The van der Waals surface area contributed by atoms with Gasteiger partial charge in [0, 0.05) is 26.2 Å². The minimum absolute atomic E-state index is 0.399. The van der Waals surface area contributed by atoms with Crippen molar-refractivity contribution in [1.82, 2.24) is 14.7 Å². The van der Waals surface area contributed by atoms with Gasteiger partial charge in [-0.25, -0.2) is 0 Å². The predicted octanol–water partition coefficient (Wildman–Crippen LogP) is 3.23. The smallest absolute Gasteiger partial charge is 0.0767 e. The highest BCUT2D eigenvalue weighted by Crippen LogP contribution is 2.25. The molecule has 1 aromatic rings. The van der Waals surface area contributed by atoms with E-state index in [1.54, 1.807) is 0 Å². The molecule has 0 radical (unpaired) electrons. The normalized spacial score (nSPS) is 20.5. The van der Waals surface area contributed by atoms with Crippen LogP contribution in [0.3, 0.4) is 0 Å². The first-order valence-electron chi connectivity index (χ1n) is 7.77. The number of hydrogen-bond donors (Lipinski definition) is 0. The van der Waals surface area contributed by atoms with Crippen molar-refractivity contribution in [2.75, 3.05) is 19.7 Å². The number of nitrogens with zero attached hydrogens (tertiary/aromatic N) is 3. The minimum atomic E-state index is 0.399. The van der Waals surface area contributed by atoms with Crippen LogP contribution in [0.25, 0.3) is 0 Å². The number of halogens is 1. The summed E-state index contributed by atoms with van der Waals surface area (Å²) in [6, 6.07) is 0. The quantitative estimate of drug-likeness (QED) is 0.794. The largest absolute Gasteiger partial charge is 0.377 e. The van der Waals surface area contributed by atoms with Gasteiger partial charge in [0.1, 0.15) is 0 Å². The molecule has 0 spiro atoms. The summed E-state index contributed by atoms with van der Waals surface area (Å²) in [5, 5.41) is 4.68. The van der Waals surface area contributed by atoms with Crippen LogP contribution in [0.15, 0.2) is 4.47 Å². The van der Waals surface area contributed by atoms with E-state index < -0.39 is 0 Å². The van der Waals surface area contributed by atoms with E-state index in [1.807, 2.05) is 0 Å². The van der Waals surface area contributed by atoms with Crippen molar-refractivity contribution in [3.63, 3.8) is 0 Å². The molecule has 4 nitrogen and oxygen atoms in total. The molecule has 1 atom stereocenters. The molecule has 0 N–H and O–H groups in total. The highest BCUT2D eigenvalue weighted by molar-refractivity contribution is 9.10. The van der Waals surface area contributed by atoms with Crippen LogP contribution >= 0.6 is 15.9 Å². The number of aromatic nitrogens is 2. The highest BCUT2D eigenvalue weighted by Gasteiger charge is 2.23. The Morgan fingerprint density at radius 1 is 1.35 bits per heavy atom. The SMILES string of the molecule is CCOC1CCCN(Cc2c(Br)c(CC)nn2CC)C1. The molecular formula is C15H26BrN3O. The van der Waals surface area contributed by atoms with Crippen LogP contribution in [0.4, 0.5) is 0 Å². The number of rotatable bonds is 6. The summed E-state index contributed by atoms with van der Waals surface area (Å²) in [6.45, 7) is 11.3. The maximum atomic E-state index is 5.79. The average Bonchev–Trinajstić information content (AvgIpc) is 2.76. The average molecular weight is 344 g/mol. The van der Waals surface area contributed by atoms with Crippen molar-refractivity contribution in [3.05, 3.63) is 15.9 Å². The lowest BCUT2D eigenvalue weighted by atomic mass is 10.1. The third-order valence-corrected chi connectivity index (χ3v) is 4.85. The van der Waals surface area contributed by atoms with Crippen molar-refractivity contribution >= 4 is 15.9 Å². The van der Waals surface area contributed by atoms with Gasteiger partial charge in [-0.2, -0.15) is 5.10 Å². The summed E-state index contributed by atoms with van der Waals surface area (Å²) >= 11 is 3.73. The van der Waals surface area contributed by atoms with E-state index in [1.165, 1.54) is 28.7 Å². The zero-order chi connectivity index (χ0) is 14.5. The second kappa shape index (κ2) is 7.57. The van der Waals surface area contributed by atoms with E-state index in [-0.39, 0.29) is 0 Å². The maximum Gasteiger partial charge on any atom is 0.0767 e. The summed E-state index contributed by atoms with van der Waals surface area (Å²) in [5.74, 6) is 0. The second-order valence-electron chi connectivity index (χ2n) is 5.33. The topological polar surface area (TPSA) is 30.3 Å². The fourth-order valence-corrected chi connectivity index (χ4v) is 3.60. The zero-order valence-electron chi connectivity index (χ0n) is 12.9. The van der Waals surface area contributed by atoms with Crippen LogP contribution in [-0.2, 0) is 24.2 Å². The number of aryl methyl sites for hydroxylation is 2. The van der Waals surface area contributed by atoms with Crippen molar-refractivity contribution in [1.29, 1.82) is 0 Å². The Kier molecular flexibility index (Phi) is 6.05. The number of piperidine rings is 1. The fraction of sp³-hybridized carbons (Fsp3) is 0.800. The molecule has 1 unspecified atom stereocenters. The summed E-state index contributed by atoms with van der Waals surface area (Å²) in [4.78, 5) is 2.50. The van der Waals surface area contributed by atoms with Gasteiger partial charge in [0.25, 0.3) is 0 Å². The Bertz CT molecular complexity index is 431. The molecule has 2 heterocycles. The first kappa shape index (κ1) is 16.0. The Hall–Kier alpha value is -0.390. The molecule has 0 aliphatic carbocycles. The van der Waals surface area contributed by atoms with E-state index >= 15 is 0 Å². The number of hydrogen-bond acceptors (Lipinski definition) is 3. The number of likely N-dealkylation sites (tertiary alicyclic amines) is 1. The van der Waals surface area contributed by atoms with Crippen LogP contribution in [0.2, 0.25) is 0 Å². The first-order chi connectivity index (χ1) is 9.69. The van der Waals surface area contributed by atoms with Gasteiger partial charge in [-0.3, -0.25) is 9.58 Å². The van der Waals surface area contributed by atoms with Gasteiger partial charge in [0.05, 0.1) is 22.0 Å². The number of ether oxygens (including phenoxy) is 1. The fourth-order valence-electron chi connectivity index (χ4n) is 2.91. The lowest BCUT2D eigenvalue weighted by Gasteiger charge is -2.32. The third kappa shape index (κ3) is 3.62. The predicted molar refractivity (Wildman–Crippen MR) is 84.9 cm³/mol. The standard InChI is InChI=1S/C15H26BrN3O/c1-4-13-15(16)14(19(5-2)17-13)11-18-9-7-8-12(10-18)20-6-3/h12H,4-11H2,1-3H3. The second-order valence-corrected chi connectivity index (χ2v) is 6.12. The van der Waals surface area contributed by atoms with Crippen LogP contribution in [-0.4, -0.2) is 40.5 Å². The summed E-state index contributed by atoms with van der Waals surface area (Å²) in [6.07, 6.45) is 3.79. The van der Waals surface area contributed by atoms with E-state index in [4.69, 9.17) is 4.74 Å². The summed E-state index contributed by atoms with van der Waals surface area (Å²) < 4.78 is 9.12.